The molecule has 0 saturated carbocycles. The topological polar surface area (TPSA) is 81.2 Å². The molecule has 1 atom stereocenters. The van der Waals surface area contributed by atoms with E-state index >= 15 is 0 Å². The molecule has 0 bridgehead atoms. The molecule has 0 aliphatic carbocycles. The van der Waals surface area contributed by atoms with Gasteiger partial charge in [0, 0.05) is 30.9 Å². The van der Waals surface area contributed by atoms with Gasteiger partial charge in [-0.3, -0.25) is 5.10 Å². The molecule has 7 nitrogen and oxygen atoms in total. The van der Waals surface area contributed by atoms with Gasteiger partial charge in [-0.25, -0.2) is 9.98 Å². The molecule has 1 fully saturated rings. The summed E-state index contributed by atoms with van der Waals surface area (Å²) in [5, 5.41) is 13.8. The second-order valence-corrected chi connectivity index (χ2v) is 7.88. The summed E-state index contributed by atoms with van der Waals surface area (Å²) in [5.74, 6) is 1.58. The van der Waals surface area contributed by atoms with Crippen LogP contribution in [0.4, 0.5) is 5.69 Å². The molecule has 170 valence electrons. The minimum Gasteiger partial charge on any atom is -0.372 e. The molecule has 32 heavy (non-hydrogen) atoms. The molecule has 2 aromatic carbocycles. The van der Waals surface area contributed by atoms with Gasteiger partial charge >= 0.3 is 0 Å². The van der Waals surface area contributed by atoms with Crippen LogP contribution in [-0.2, 0) is 6.54 Å². The molecule has 0 radical (unpaired) electrons. The number of rotatable bonds is 7. The predicted octanol–water partition coefficient (Wildman–Crippen LogP) is 4.51. The van der Waals surface area contributed by atoms with Crippen molar-refractivity contribution < 1.29 is 0 Å². The van der Waals surface area contributed by atoms with E-state index < -0.39 is 0 Å². The first-order chi connectivity index (χ1) is 15.2. The Morgan fingerprint density at radius 1 is 1.16 bits per heavy atom. The zero-order chi connectivity index (χ0) is 21.5. The van der Waals surface area contributed by atoms with Crippen LogP contribution in [-0.4, -0.2) is 40.8 Å². The lowest BCUT2D eigenvalue weighted by Crippen LogP contribution is -2.38. The third-order valence-corrected chi connectivity index (χ3v) is 5.57. The summed E-state index contributed by atoms with van der Waals surface area (Å²) in [6.45, 7) is 7.97. The Hall–Kier alpha value is -2.62. The molecule has 0 amide bonds. The van der Waals surface area contributed by atoms with Crippen molar-refractivity contribution in [3.05, 3.63) is 66.0 Å². The van der Waals surface area contributed by atoms with E-state index in [0.717, 1.165) is 42.5 Å². The fraction of sp³-hybridized carbons (Fsp3) is 0.375. The molecule has 1 aromatic heterocycles. The van der Waals surface area contributed by atoms with Crippen molar-refractivity contribution in [2.45, 2.75) is 39.3 Å². The second-order valence-electron chi connectivity index (χ2n) is 7.88. The van der Waals surface area contributed by atoms with Crippen LogP contribution in [0.1, 0.15) is 43.9 Å². The lowest BCUT2D eigenvalue weighted by molar-refractivity contribution is 0.686. The molecule has 1 saturated heterocycles. The smallest absolute Gasteiger partial charge is 0.192 e. The largest absolute Gasteiger partial charge is 0.372 e. The van der Waals surface area contributed by atoms with Crippen LogP contribution < -0.4 is 15.5 Å². The Morgan fingerprint density at radius 2 is 1.97 bits per heavy atom. The van der Waals surface area contributed by atoms with E-state index in [2.05, 4.69) is 81.0 Å². The van der Waals surface area contributed by atoms with Gasteiger partial charge in [0.1, 0.15) is 6.33 Å². The zero-order valence-corrected chi connectivity index (χ0v) is 21.0. The number of halogens is 1. The highest BCUT2D eigenvalue weighted by atomic mass is 127. The van der Waals surface area contributed by atoms with Crippen LogP contribution in [0, 0.1) is 0 Å². The van der Waals surface area contributed by atoms with E-state index in [-0.39, 0.29) is 30.0 Å². The first-order valence-electron chi connectivity index (χ1n) is 11.1. The maximum Gasteiger partial charge on any atom is 0.192 e. The summed E-state index contributed by atoms with van der Waals surface area (Å²) in [7, 11) is 0. The van der Waals surface area contributed by atoms with E-state index in [1.54, 1.807) is 0 Å². The molecule has 4 rings (SSSR count). The summed E-state index contributed by atoms with van der Waals surface area (Å²) >= 11 is 0. The van der Waals surface area contributed by atoms with Crippen molar-refractivity contribution in [2.24, 2.45) is 4.99 Å². The Labute approximate surface area is 207 Å². The minimum atomic E-state index is 0. The van der Waals surface area contributed by atoms with Crippen molar-refractivity contribution in [2.75, 3.05) is 24.5 Å². The third-order valence-electron chi connectivity index (χ3n) is 5.57. The number of aliphatic imine (C=N–C) groups is 1. The number of hydrogen-bond donors (Lipinski definition) is 3. The van der Waals surface area contributed by atoms with Gasteiger partial charge in [0.25, 0.3) is 0 Å². The standard InChI is InChI=1S/C24H31N7.HI/c1-3-25-24(26-16-19-8-6-10-21(14-19)23-27-17-28-30-23)29-18(2)20-9-7-11-22(15-20)31-12-4-5-13-31;/h6-11,14-15,17-18H,3-5,12-13,16H2,1-2H3,(H2,25,26,29)(H,27,28,30);1H. The van der Waals surface area contributed by atoms with Crippen molar-refractivity contribution >= 4 is 35.6 Å². The van der Waals surface area contributed by atoms with Crippen LogP contribution in [0.2, 0.25) is 0 Å². The van der Waals surface area contributed by atoms with Crippen LogP contribution in [0.3, 0.4) is 0 Å². The maximum atomic E-state index is 4.81. The quantitative estimate of drug-likeness (QED) is 0.231. The van der Waals surface area contributed by atoms with Crippen LogP contribution in [0.15, 0.2) is 59.9 Å². The molecular weight excluding hydrogens is 513 g/mol. The van der Waals surface area contributed by atoms with Crippen molar-refractivity contribution in [1.29, 1.82) is 0 Å². The van der Waals surface area contributed by atoms with Gasteiger partial charge in [0.05, 0.1) is 12.6 Å². The fourth-order valence-corrected chi connectivity index (χ4v) is 3.91. The van der Waals surface area contributed by atoms with E-state index in [9.17, 15) is 0 Å². The number of anilines is 1. The number of guanidine groups is 1. The fourth-order valence-electron chi connectivity index (χ4n) is 3.91. The van der Waals surface area contributed by atoms with E-state index in [0.29, 0.717) is 6.54 Å². The number of benzene rings is 2. The molecular formula is C24H32IN7. The summed E-state index contributed by atoms with van der Waals surface area (Å²) in [6.07, 6.45) is 4.09. The van der Waals surface area contributed by atoms with Crippen molar-refractivity contribution in [3.63, 3.8) is 0 Å². The van der Waals surface area contributed by atoms with Crippen molar-refractivity contribution in [3.8, 4) is 11.4 Å². The van der Waals surface area contributed by atoms with Gasteiger partial charge in [0.2, 0.25) is 0 Å². The second kappa shape index (κ2) is 11.8. The number of aromatic amines is 1. The zero-order valence-electron chi connectivity index (χ0n) is 18.7. The van der Waals surface area contributed by atoms with Gasteiger partial charge < -0.3 is 15.5 Å². The number of nitrogens with zero attached hydrogens (tertiary/aromatic N) is 4. The highest BCUT2D eigenvalue weighted by Gasteiger charge is 2.14. The highest BCUT2D eigenvalue weighted by molar-refractivity contribution is 14.0. The highest BCUT2D eigenvalue weighted by Crippen LogP contribution is 2.24. The van der Waals surface area contributed by atoms with Crippen LogP contribution in [0.25, 0.3) is 11.4 Å². The number of hydrogen-bond acceptors (Lipinski definition) is 4. The average molecular weight is 545 g/mol. The summed E-state index contributed by atoms with van der Waals surface area (Å²) < 4.78 is 0. The maximum absolute atomic E-state index is 4.81. The lowest BCUT2D eigenvalue weighted by atomic mass is 10.1. The number of aromatic nitrogens is 3. The summed E-state index contributed by atoms with van der Waals surface area (Å²) in [4.78, 5) is 11.5. The Balaban J connectivity index is 0.00000289. The number of nitrogens with one attached hydrogen (secondary N) is 3. The first kappa shape index (κ1) is 24.0. The minimum absolute atomic E-state index is 0. The van der Waals surface area contributed by atoms with Crippen LogP contribution in [0.5, 0.6) is 0 Å². The van der Waals surface area contributed by atoms with Crippen molar-refractivity contribution in [1.82, 2.24) is 25.8 Å². The van der Waals surface area contributed by atoms with E-state index in [1.165, 1.54) is 30.4 Å². The van der Waals surface area contributed by atoms with Gasteiger partial charge in [0.15, 0.2) is 11.8 Å². The average Bonchev–Trinajstić information content (AvgIpc) is 3.52. The Bertz CT molecular complexity index is 997. The first-order valence-corrected chi connectivity index (χ1v) is 11.1. The normalized spacial score (nSPS) is 14.7. The van der Waals surface area contributed by atoms with E-state index in [1.807, 2.05) is 12.1 Å². The SMILES string of the molecule is CCNC(=NCc1cccc(-c2ncn[nH]2)c1)NC(C)c1cccc(N2CCCC2)c1.I. The molecule has 1 aliphatic rings. The summed E-state index contributed by atoms with van der Waals surface area (Å²) in [6, 6.07) is 17.2. The lowest BCUT2D eigenvalue weighted by Gasteiger charge is -2.22. The number of H-pyrrole nitrogens is 1. The Morgan fingerprint density at radius 3 is 2.72 bits per heavy atom. The van der Waals surface area contributed by atoms with Crippen LogP contribution >= 0.6 is 24.0 Å². The molecule has 2 heterocycles. The van der Waals surface area contributed by atoms with E-state index in [4.69, 9.17) is 4.99 Å². The molecule has 1 unspecified atom stereocenters. The van der Waals surface area contributed by atoms with Gasteiger partial charge in [-0.1, -0.05) is 30.3 Å². The predicted molar refractivity (Wildman–Crippen MR) is 141 cm³/mol. The molecule has 8 heteroatoms. The van der Waals surface area contributed by atoms with Gasteiger partial charge in [-0.15, -0.1) is 24.0 Å². The molecule has 3 aromatic rings. The molecule has 1 aliphatic heterocycles. The Kier molecular flexibility index (Phi) is 8.90. The monoisotopic (exact) mass is 545 g/mol. The van der Waals surface area contributed by atoms with Gasteiger partial charge in [-0.05, 0) is 56.0 Å². The van der Waals surface area contributed by atoms with Gasteiger partial charge in [-0.2, -0.15) is 5.10 Å². The third kappa shape index (κ3) is 6.21. The summed E-state index contributed by atoms with van der Waals surface area (Å²) in [5.41, 5.74) is 4.71. The molecule has 0 spiro atoms. The molecule has 3 N–H and O–H groups in total.